The Morgan fingerprint density at radius 3 is 2.36 bits per heavy atom. The van der Waals surface area contributed by atoms with Gasteiger partial charge in [0, 0.05) is 17.5 Å². The Bertz CT molecular complexity index is 677. The molecule has 0 fully saturated rings. The quantitative estimate of drug-likeness (QED) is 0.771. The zero-order chi connectivity index (χ0) is 18.4. The minimum atomic E-state index is -0.0739. The van der Waals surface area contributed by atoms with Gasteiger partial charge in [-0.3, -0.25) is 4.79 Å². The van der Waals surface area contributed by atoms with Gasteiger partial charge in [-0.2, -0.15) is 0 Å². The molecule has 2 atom stereocenters. The molecule has 1 aromatic carbocycles. The molecule has 0 saturated heterocycles. The van der Waals surface area contributed by atoms with Gasteiger partial charge in [-0.25, -0.2) is 0 Å². The van der Waals surface area contributed by atoms with Crippen molar-refractivity contribution in [2.45, 2.75) is 53.0 Å². The highest BCUT2D eigenvalue weighted by atomic mass is 16.5. The molecule has 0 unspecified atom stereocenters. The maximum absolute atomic E-state index is 12.1. The molecule has 2 aromatic rings. The smallest absolute Gasteiger partial charge is 0.280 e. The first kappa shape index (κ1) is 19.2. The molecule has 2 rings (SSSR count). The monoisotopic (exact) mass is 344 g/mol. The number of nitrogens with zero attached hydrogens (tertiary/aromatic N) is 1. The van der Waals surface area contributed by atoms with Gasteiger partial charge in [-0.05, 0) is 24.8 Å². The summed E-state index contributed by atoms with van der Waals surface area (Å²) in [6, 6.07) is 10.8. The van der Waals surface area contributed by atoms with Crippen LogP contribution in [-0.4, -0.2) is 17.6 Å². The number of aromatic nitrogens is 1. The van der Waals surface area contributed by atoms with Crippen molar-refractivity contribution < 1.29 is 14.6 Å². The number of quaternary nitrogens is 1. The Kier molecular flexibility index (Phi) is 6.76. The molecule has 0 aliphatic carbocycles. The van der Waals surface area contributed by atoms with Crippen LogP contribution in [0, 0.1) is 12.8 Å². The average Bonchev–Trinajstić information content (AvgIpc) is 2.99. The summed E-state index contributed by atoms with van der Waals surface area (Å²) in [7, 11) is 0. The van der Waals surface area contributed by atoms with Gasteiger partial charge in [0.15, 0.2) is 12.4 Å². The summed E-state index contributed by atoms with van der Waals surface area (Å²) in [5, 5.41) is 8.64. The van der Waals surface area contributed by atoms with E-state index in [9.17, 15) is 4.79 Å². The van der Waals surface area contributed by atoms with Crippen LogP contribution in [0.1, 0.15) is 63.0 Å². The third-order valence-electron chi connectivity index (χ3n) is 4.67. The Balaban J connectivity index is 1.97. The van der Waals surface area contributed by atoms with Crippen LogP contribution in [0.25, 0.3) is 0 Å². The van der Waals surface area contributed by atoms with E-state index in [4.69, 9.17) is 4.52 Å². The second kappa shape index (κ2) is 8.81. The third kappa shape index (κ3) is 5.43. The molecule has 1 amide bonds. The van der Waals surface area contributed by atoms with Crippen molar-refractivity contribution in [1.82, 2.24) is 5.16 Å². The molecular formula is C20H30N3O2+. The number of anilines is 1. The summed E-state index contributed by atoms with van der Waals surface area (Å²) in [5.74, 6) is 2.08. The average molecular weight is 344 g/mol. The zero-order valence-corrected chi connectivity index (χ0v) is 15.9. The minimum absolute atomic E-state index is 0.0739. The highest BCUT2D eigenvalue weighted by Crippen LogP contribution is 2.23. The van der Waals surface area contributed by atoms with Crippen LogP contribution in [0.15, 0.2) is 34.9 Å². The summed E-state index contributed by atoms with van der Waals surface area (Å²) in [6.45, 7) is 11.0. The summed E-state index contributed by atoms with van der Waals surface area (Å²) in [6.07, 6.45) is 1.14. The predicted octanol–water partition coefficient (Wildman–Crippen LogP) is 3.40. The van der Waals surface area contributed by atoms with Crippen LogP contribution in [0.3, 0.4) is 0 Å². The van der Waals surface area contributed by atoms with Crippen molar-refractivity contribution in [2.75, 3.05) is 11.9 Å². The van der Waals surface area contributed by atoms with Crippen molar-refractivity contribution in [3.63, 3.8) is 0 Å². The molecule has 136 valence electrons. The van der Waals surface area contributed by atoms with E-state index in [1.54, 1.807) is 13.0 Å². The maximum atomic E-state index is 12.1. The normalized spacial score (nSPS) is 13.7. The van der Waals surface area contributed by atoms with E-state index in [-0.39, 0.29) is 11.9 Å². The second-order valence-electron chi connectivity index (χ2n) is 7.06. The summed E-state index contributed by atoms with van der Waals surface area (Å²) >= 11 is 0. The fourth-order valence-electron chi connectivity index (χ4n) is 2.93. The van der Waals surface area contributed by atoms with E-state index in [2.05, 4.69) is 67.8 Å². The summed E-state index contributed by atoms with van der Waals surface area (Å²) < 4.78 is 4.96. The van der Waals surface area contributed by atoms with Gasteiger partial charge in [0.05, 0.1) is 0 Å². The van der Waals surface area contributed by atoms with E-state index in [1.807, 2.05) is 0 Å². The molecule has 0 aliphatic rings. The fourth-order valence-corrected chi connectivity index (χ4v) is 2.93. The van der Waals surface area contributed by atoms with Gasteiger partial charge in [0.1, 0.15) is 11.8 Å². The highest BCUT2D eigenvalue weighted by Gasteiger charge is 2.21. The van der Waals surface area contributed by atoms with Crippen molar-refractivity contribution in [3.05, 3.63) is 47.2 Å². The minimum Gasteiger partial charge on any atom is -0.360 e. The van der Waals surface area contributed by atoms with Crippen LogP contribution < -0.4 is 10.6 Å². The standard InChI is InChI=1S/C20H29N3O2/c1-6-14(4)16-7-9-17(10-8-16)20(13(2)3)21-12-19(24)22-18-11-15(5)25-23-18/h7-11,13-14,20-21H,6,12H2,1-5H3,(H,22,23,24)/p+1/t14-,20-/m1/s1. The number of hydrogen-bond acceptors (Lipinski definition) is 3. The number of carbonyl (C=O) groups excluding carboxylic acids is 1. The van der Waals surface area contributed by atoms with Gasteiger partial charge in [-0.15, -0.1) is 0 Å². The molecule has 25 heavy (non-hydrogen) atoms. The SMILES string of the molecule is CC[C@@H](C)c1ccc([C@H]([NH2+]CC(=O)Nc2cc(C)on2)C(C)C)cc1. The lowest BCUT2D eigenvalue weighted by Gasteiger charge is -2.20. The Morgan fingerprint density at radius 2 is 1.84 bits per heavy atom. The number of carbonyl (C=O) groups is 1. The van der Waals surface area contributed by atoms with Gasteiger partial charge >= 0.3 is 0 Å². The van der Waals surface area contributed by atoms with Crippen molar-refractivity contribution >= 4 is 11.7 Å². The summed E-state index contributed by atoms with van der Waals surface area (Å²) in [5.41, 5.74) is 2.63. The Labute approximate surface area is 150 Å². The van der Waals surface area contributed by atoms with Gasteiger partial charge in [0.2, 0.25) is 0 Å². The van der Waals surface area contributed by atoms with Crippen LogP contribution in [0.4, 0.5) is 5.82 Å². The number of hydrogen-bond donors (Lipinski definition) is 2. The summed E-state index contributed by atoms with van der Waals surface area (Å²) in [4.78, 5) is 12.1. The number of nitrogens with one attached hydrogen (secondary N) is 1. The van der Waals surface area contributed by atoms with Crippen molar-refractivity contribution in [1.29, 1.82) is 0 Å². The topological polar surface area (TPSA) is 71.7 Å². The zero-order valence-electron chi connectivity index (χ0n) is 15.9. The lowest BCUT2D eigenvalue weighted by molar-refractivity contribution is -0.692. The van der Waals surface area contributed by atoms with E-state index in [0.717, 1.165) is 6.42 Å². The Hall–Kier alpha value is -2.14. The number of nitrogens with two attached hydrogens (primary N) is 1. The lowest BCUT2D eigenvalue weighted by Crippen LogP contribution is -2.88. The van der Waals surface area contributed by atoms with Crippen molar-refractivity contribution in [3.8, 4) is 0 Å². The van der Waals surface area contributed by atoms with Crippen LogP contribution in [0.5, 0.6) is 0 Å². The fraction of sp³-hybridized carbons (Fsp3) is 0.500. The first-order valence-corrected chi connectivity index (χ1v) is 9.07. The van der Waals surface area contributed by atoms with E-state index >= 15 is 0 Å². The first-order valence-electron chi connectivity index (χ1n) is 9.07. The molecule has 0 aliphatic heterocycles. The van der Waals surface area contributed by atoms with Crippen LogP contribution in [0.2, 0.25) is 0 Å². The molecule has 5 nitrogen and oxygen atoms in total. The third-order valence-corrected chi connectivity index (χ3v) is 4.67. The number of rotatable bonds is 8. The number of aryl methyl sites for hydroxylation is 1. The van der Waals surface area contributed by atoms with E-state index < -0.39 is 0 Å². The molecule has 1 aromatic heterocycles. The molecule has 1 heterocycles. The lowest BCUT2D eigenvalue weighted by atomic mass is 9.92. The first-order chi connectivity index (χ1) is 11.9. The molecule has 0 saturated carbocycles. The second-order valence-corrected chi connectivity index (χ2v) is 7.06. The van der Waals surface area contributed by atoms with E-state index in [0.29, 0.717) is 30.0 Å². The van der Waals surface area contributed by atoms with Gasteiger partial charge < -0.3 is 15.2 Å². The van der Waals surface area contributed by atoms with Gasteiger partial charge in [0.25, 0.3) is 5.91 Å². The molecule has 0 bridgehead atoms. The van der Waals surface area contributed by atoms with Crippen LogP contribution >= 0.6 is 0 Å². The predicted molar refractivity (Wildman–Crippen MR) is 99.4 cm³/mol. The molecular weight excluding hydrogens is 314 g/mol. The number of benzene rings is 1. The number of amides is 1. The molecule has 0 spiro atoms. The van der Waals surface area contributed by atoms with Gasteiger partial charge in [-0.1, -0.05) is 57.1 Å². The molecule has 5 heteroatoms. The van der Waals surface area contributed by atoms with Crippen molar-refractivity contribution in [2.24, 2.45) is 5.92 Å². The largest absolute Gasteiger partial charge is 0.360 e. The molecule has 0 radical (unpaired) electrons. The highest BCUT2D eigenvalue weighted by molar-refractivity contribution is 5.90. The van der Waals surface area contributed by atoms with E-state index in [1.165, 1.54) is 11.1 Å². The maximum Gasteiger partial charge on any atom is 0.280 e. The Morgan fingerprint density at radius 1 is 1.20 bits per heavy atom. The molecule has 3 N–H and O–H groups in total. The van der Waals surface area contributed by atoms with Crippen LogP contribution in [-0.2, 0) is 4.79 Å².